The maximum absolute atomic E-state index is 7.21. The Kier molecular flexibility index (Phi) is 7.82. The largest absolute Gasteiger partial charge is 0.456 e. The average Bonchev–Trinajstić information content (AvgIpc) is 4.17. The van der Waals surface area contributed by atoms with Crippen LogP contribution in [0.2, 0.25) is 0 Å². The maximum Gasteiger partial charge on any atom is 0.159 e. The Bertz CT molecular complexity index is 3840. The Morgan fingerprint density at radius 3 is 1.61 bits per heavy atom. The molecule has 14 rings (SSSR count). The topological polar surface area (TPSA) is 29.5 Å². The average molecular weight is 858 g/mol. The van der Waals surface area contributed by atoms with E-state index >= 15 is 0 Å². The van der Waals surface area contributed by atoms with Crippen molar-refractivity contribution in [1.82, 2.24) is 0 Å². The zero-order valence-corrected chi connectivity index (χ0v) is 37.2. The molecule has 0 radical (unpaired) electrons. The first-order valence-electron chi connectivity index (χ1n) is 23.2. The van der Waals surface area contributed by atoms with Gasteiger partial charge in [0.25, 0.3) is 0 Å². The van der Waals surface area contributed by atoms with E-state index < -0.39 is 10.8 Å². The van der Waals surface area contributed by atoms with Crippen molar-refractivity contribution in [3.63, 3.8) is 0 Å². The second-order valence-electron chi connectivity index (χ2n) is 18.3. The lowest BCUT2D eigenvalue weighted by molar-refractivity contribution is 0.604. The van der Waals surface area contributed by atoms with Gasteiger partial charge in [0.1, 0.15) is 16.9 Å². The summed E-state index contributed by atoms with van der Waals surface area (Å²) in [6.07, 6.45) is 6.01. The Morgan fingerprint density at radius 1 is 0.463 bits per heavy atom. The molecule has 0 N–H and O–H groups in total. The van der Waals surface area contributed by atoms with Crippen molar-refractivity contribution < 1.29 is 8.83 Å². The molecule has 1 spiro atoms. The third-order valence-corrected chi connectivity index (χ3v) is 15.3. The van der Waals surface area contributed by atoms with Crippen molar-refractivity contribution in [1.29, 1.82) is 0 Å². The quantitative estimate of drug-likeness (QED) is 0.167. The molecule has 3 nitrogen and oxygen atoms in total. The van der Waals surface area contributed by atoms with E-state index in [0.29, 0.717) is 0 Å². The van der Waals surface area contributed by atoms with Gasteiger partial charge in [-0.1, -0.05) is 183 Å². The standard InChI is InChI=1S/C64H43NO2/c1-4-19-46-47-26-18-32-57(61(47)66-58(46)5-2)65(39-34-35-45-44-24-10-16-31-53(44)64(55(45)38-39)51-29-14-8-22-42(51)43-23-9-15-30-52(43)64)56-37-36-54(62-60(56)48-25-11-17-33-59(48)67-62)63(3)49-27-12-6-20-40(49)41-21-7-13-28-50(41)63/h4-38H,2H2,1,3H3/b19-4-. The van der Waals surface area contributed by atoms with Gasteiger partial charge < -0.3 is 13.7 Å². The third-order valence-electron chi connectivity index (χ3n) is 15.3. The first kappa shape index (κ1) is 37.9. The number of nitrogens with zero attached hydrogens (tertiary/aromatic N) is 1. The number of furan rings is 2. The molecule has 11 aromatic rings. The molecule has 3 heteroatoms. The normalized spacial score (nSPS) is 14.4. The van der Waals surface area contributed by atoms with Crippen LogP contribution in [0.4, 0.5) is 17.1 Å². The zero-order valence-electron chi connectivity index (χ0n) is 37.2. The van der Waals surface area contributed by atoms with Crippen LogP contribution in [0.25, 0.3) is 78.4 Å². The molecule has 67 heavy (non-hydrogen) atoms. The van der Waals surface area contributed by atoms with Crippen molar-refractivity contribution in [2.75, 3.05) is 4.90 Å². The molecule has 0 atom stereocenters. The maximum atomic E-state index is 7.21. The lowest BCUT2D eigenvalue weighted by Gasteiger charge is -2.33. The van der Waals surface area contributed by atoms with Crippen molar-refractivity contribution >= 4 is 62.1 Å². The van der Waals surface area contributed by atoms with Crippen LogP contribution in [0, 0.1) is 0 Å². The summed E-state index contributed by atoms with van der Waals surface area (Å²) in [5.41, 5.74) is 21.9. The lowest BCUT2D eigenvalue weighted by atomic mass is 9.70. The summed E-state index contributed by atoms with van der Waals surface area (Å²) < 4.78 is 14.1. The van der Waals surface area contributed by atoms with Crippen LogP contribution in [-0.4, -0.2) is 0 Å². The summed E-state index contributed by atoms with van der Waals surface area (Å²) in [6, 6.07) is 71.5. The highest BCUT2D eigenvalue weighted by Crippen LogP contribution is 2.64. The van der Waals surface area contributed by atoms with E-state index in [-0.39, 0.29) is 0 Å². The second-order valence-corrected chi connectivity index (χ2v) is 18.3. The van der Waals surface area contributed by atoms with Gasteiger partial charge in [-0.15, -0.1) is 0 Å². The molecular formula is C64H43NO2. The van der Waals surface area contributed by atoms with E-state index in [1.165, 1.54) is 66.8 Å². The first-order valence-corrected chi connectivity index (χ1v) is 23.2. The van der Waals surface area contributed by atoms with Crippen molar-refractivity contribution in [3.05, 3.63) is 257 Å². The number of hydrogen-bond acceptors (Lipinski definition) is 3. The van der Waals surface area contributed by atoms with E-state index in [1.54, 1.807) is 0 Å². The van der Waals surface area contributed by atoms with Crippen LogP contribution in [0.15, 0.2) is 216 Å². The van der Waals surface area contributed by atoms with E-state index in [1.807, 2.05) is 13.0 Å². The molecule has 0 saturated carbocycles. The number of allylic oxidation sites excluding steroid dienone is 1. The van der Waals surface area contributed by atoms with E-state index in [9.17, 15) is 0 Å². The predicted octanol–water partition coefficient (Wildman–Crippen LogP) is 17.2. The van der Waals surface area contributed by atoms with Gasteiger partial charge in [-0.3, -0.25) is 0 Å². The fourth-order valence-corrected chi connectivity index (χ4v) is 12.6. The summed E-state index contributed by atoms with van der Waals surface area (Å²) in [5.74, 6) is 0.740. The Morgan fingerprint density at radius 2 is 1.00 bits per heavy atom. The molecule has 3 aliphatic rings. The summed E-state index contributed by atoms with van der Waals surface area (Å²) in [6.45, 7) is 8.61. The molecule has 0 saturated heterocycles. The summed E-state index contributed by atoms with van der Waals surface area (Å²) >= 11 is 0. The van der Waals surface area contributed by atoms with Gasteiger partial charge in [0.05, 0.1) is 22.2 Å². The fraction of sp³-hybridized carbons (Fsp3) is 0.0625. The van der Waals surface area contributed by atoms with Crippen molar-refractivity contribution in [3.8, 4) is 33.4 Å². The minimum atomic E-state index is -0.522. The van der Waals surface area contributed by atoms with Gasteiger partial charge in [0.15, 0.2) is 5.58 Å². The Hall–Kier alpha value is -8.40. The second kappa shape index (κ2) is 13.8. The molecule has 0 unspecified atom stereocenters. The van der Waals surface area contributed by atoms with E-state index in [2.05, 4.69) is 225 Å². The van der Waals surface area contributed by atoms with Gasteiger partial charge >= 0.3 is 0 Å². The lowest BCUT2D eigenvalue weighted by Crippen LogP contribution is -2.26. The van der Waals surface area contributed by atoms with E-state index in [4.69, 9.17) is 8.83 Å². The number of rotatable bonds is 6. The molecule has 0 aliphatic heterocycles. The number of para-hydroxylation sites is 2. The van der Waals surface area contributed by atoms with Gasteiger partial charge in [-0.25, -0.2) is 0 Å². The summed E-state index contributed by atoms with van der Waals surface area (Å²) in [7, 11) is 0. The summed E-state index contributed by atoms with van der Waals surface area (Å²) in [4.78, 5) is 2.43. The summed E-state index contributed by atoms with van der Waals surface area (Å²) in [5, 5.41) is 3.13. The van der Waals surface area contributed by atoms with Gasteiger partial charge in [-0.2, -0.15) is 0 Å². The van der Waals surface area contributed by atoms with Crippen LogP contribution in [-0.2, 0) is 10.8 Å². The predicted molar refractivity (Wildman–Crippen MR) is 277 cm³/mol. The van der Waals surface area contributed by atoms with Crippen LogP contribution >= 0.6 is 0 Å². The molecule has 316 valence electrons. The van der Waals surface area contributed by atoms with Gasteiger partial charge in [-0.05, 0) is 117 Å². The molecule has 0 amide bonds. The molecule has 2 aromatic heterocycles. The highest BCUT2D eigenvalue weighted by molar-refractivity contribution is 6.16. The minimum Gasteiger partial charge on any atom is -0.456 e. The first-order chi connectivity index (χ1) is 33.0. The number of hydrogen-bond donors (Lipinski definition) is 0. The van der Waals surface area contributed by atoms with Crippen LogP contribution in [0.3, 0.4) is 0 Å². The fourth-order valence-electron chi connectivity index (χ4n) is 12.6. The molecule has 9 aromatic carbocycles. The molecular weight excluding hydrogens is 815 g/mol. The smallest absolute Gasteiger partial charge is 0.159 e. The number of fused-ring (bicyclic) bond motifs is 17. The van der Waals surface area contributed by atoms with Crippen LogP contribution in [0.5, 0.6) is 0 Å². The molecule has 0 fully saturated rings. The number of benzene rings is 9. The SMILES string of the molecule is C=Cc1oc2c(N(c3ccc4c(c3)C3(c5ccccc5-c5ccccc53)c3ccccc3-4)c3ccc(C4(C)c5ccccc5-c5ccccc54)c4oc5ccccc5c34)cccc2c1/C=C\C. The van der Waals surface area contributed by atoms with E-state index in [0.717, 1.165) is 66.9 Å². The minimum absolute atomic E-state index is 0.487. The van der Waals surface area contributed by atoms with Crippen molar-refractivity contribution in [2.45, 2.75) is 24.7 Å². The van der Waals surface area contributed by atoms with Gasteiger partial charge in [0, 0.05) is 33.0 Å². The third kappa shape index (κ3) is 4.80. The highest BCUT2D eigenvalue weighted by atomic mass is 16.3. The molecule has 0 bridgehead atoms. The Labute approximate surface area is 389 Å². The molecule has 2 heterocycles. The Balaban J connectivity index is 1.10. The number of anilines is 3. The highest BCUT2D eigenvalue weighted by Gasteiger charge is 2.52. The van der Waals surface area contributed by atoms with Crippen LogP contribution < -0.4 is 4.90 Å². The molecule has 3 aliphatic carbocycles. The van der Waals surface area contributed by atoms with Crippen LogP contribution in [0.1, 0.15) is 64.1 Å². The monoisotopic (exact) mass is 857 g/mol. The van der Waals surface area contributed by atoms with Crippen molar-refractivity contribution in [2.24, 2.45) is 0 Å². The van der Waals surface area contributed by atoms with Gasteiger partial charge in [0.2, 0.25) is 0 Å². The zero-order chi connectivity index (χ0) is 44.6.